The highest BCUT2D eigenvalue weighted by Crippen LogP contribution is 2.26. The van der Waals surface area contributed by atoms with Gasteiger partial charge in [0.25, 0.3) is 0 Å². The maximum atomic E-state index is 14.1. The third kappa shape index (κ3) is 8.71. The number of para-hydroxylation sites is 1. The summed E-state index contributed by atoms with van der Waals surface area (Å²) in [4.78, 5) is 29.2. The van der Waals surface area contributed by atoms with Gasteiger partial charge in [-0.1, -0.05) is 91.6 Å². The van der Waals surface area contributed by atoms with Crippen molar-refractivity contribution in [2.75, 3.05) is 23.7 Å². The van der Waals surface area contributed by atoms with Crippen LogP contribution in [0.15, 0.2) is 72.8 Å². The highest BCUT2D eigenvalue weighted by molar-refractivity contribution is 7.92. The fourth-order valence-corrected chi connectivity index (χ4v) is 5.48. The lowest BCUT2D eigenvalue weighted by atomic mass is 10.0. The molecule has 40 heavy (non-hydrogen) atoms. The van der Waals surface area contributed by atoms with E-state index in [-0.39, 0.29) is 24.8 Å². The first-order chi connectivity index (χ1) is 18.9. The summed E-state index contributed by atoms with van der Waals surface area (Å²) in [5, 5.41) is 3.63. The first kappa shape index (κ1) is 31.5. The van der Waals surface area contributed by atoms with Gasteiger partial charge in [0.05, 0.1) is 22.0 Å². The van der Waals surface area contributed by atoms with E-state index in [1.54, 1.807) is 49.4 Å². The molecule has 214 valence electrons. The Balaban J connectivity index is 2.07. The lowest BCUT2D eigenvalue weighted by Crippen LogP contribution is -2.53. The Labute approximate surface area is 247 Å². The quantitative estimate of drug-likeness (QED) is 0.297. The summed E-state index contributed by atoms with van der Waals surface area (Å²) in [6.45, 7) is 5.72. The number of hydrogen-bond donors (Lipinski definition) is 1. The number of nitrogens with zero attached hydrogens (tertiary/aromatic N) is 2. The molecule has 0 aliphatic carbocycles. The number of benzene rings is 3. The Morgan fingerprint density at radius 3 is 2.15 bits per heavy atom. The zero-order valence-corrected chi connectivity index (χ0v) is 25.4. The number of carbonyl (C=O) groups is 2. The summed E-state index contributed by atoms with van der Waals surface area (Å²) in [6, 6.07) is 20.4. The van der Waals surface area contributed by atoms with Crippen LogP contribution in [-0.4, -0.2) is 50.5 Å². The van der Waals surface area contributed by atoms with Crippen LogP contribution in [0.5, 0.6) is 0 Å². The lowest BCUT2D eigenvalue weighted by Gasteiger charge is -2.34. The second-order valence-corrected chi connectivity index (χ2v) is 12.9. The summed E-state index contributed by atoms with van der Waals surface area (Å²) >= 11 is 12.4. The van der Waals surface area contributed by atoms with Gasteiger partial charge in [-0.05, 0) is 47.7 Å². The Kier molecular flexibility index (Phi) is 11.0. The molecule has 2 amide bonds. The highest BCUT2D eigenvalue weighted by Gasteiger charge is 2.33. The number of hydrogen-bond acceptors (Lipinski definition) is 4. The second kappa shape index (κ2) is 14.0. The molecule has 0 heterocycles. The molecule has 3 aromatic rings. The standard InChI is InChI=1S/C30H35Cl2N3O4S/c1-21(2)18-33-30(37)28(17-23-11-6-5-7-12-23)34(19-24-14-15-25(31)26(32)16-24)29(36)20-35(40(4,38)39)27-13-9-8-10-22(27)3/h5-16,21,28H,17-20H2,1-4H3,(H,33,37). The highest BCUT2D eigenvalue weighted by atomic mass is 35.5. The van der Waals surface area contributed by atoms with Gasteiger partial charge in [0.1, 0.15) is 12.6 Å². The minimum absolute atomic E-state index is 0.0215. The average Bonchev–Trinajstić information content (AvgIpc) is 2.90. The Bertz CT molecular complexity index is 1430. The van der Waals surface area contributed by atoms with E-state index in [4.69, 9.17) is 23.2 Å². The van der Waals surface area contributed by atoms with Crippen molar-refractivity contribution in [2.45, 2.75) is 39.8 Å². The molecule has 0 aromatic heterocycles. The van der Waals surface area contributed by atoms with Crippen molar-refractivity contribution in [2.24, 2.45) is 5.92 Å². The maximum absolute atomic E-state index is 14.1. The third-order valence-corrected chi connectivity index (χ3v) is 8.22. The molecule has 10 heteroatoms. The van der Waals surface area contributed by atoms with Gasteiger partial charge >= 0.3 is 0 Å². The van der Waals surface area contributed by atoms with Gasteiger partial charge in [-0.15, -0.1) is 0 Å². The van der Waals surface area contributed by atoms with Crippen molar-refractivity contribution < 1.29 is 18.0 Å². The molecule has 0 bridgehead atoms. The van der Waals surface area contributed by atoms with Crippen LogP contribution in [0.25, 0.3) is 0 Å². The van der Waals surface area contributed by atoms with E-state index >= 15 is 0 Å². The normalized spacial score (nSPS) is 12.2. The van der Waals surface area contributed by atoms with Crippen molar-refractivity contribution >= 4 is 50.7 Å². The van der Waals surface area contributed by atoms with Gasteiger partial charge < -0.3 is 10.2 Å². The molecular weight excluding hydrogens is 569 g/mol. The molecule has 0 fully saturated rings. The molecule has 3 aromatic carbocycles. The molecule has 0 aliphatic rings. The molecule has 3 rings (SSSR count). The molecule has 1 unspecified atom stereocenters. The maximum Gasteiger partial charge on any atom is 0.244 e. The first-order valence-electron chi connectivity index (χ1n) is 12.9. The van der Waals surface area contributed by atoms with Crippen molar-refractivity contribution in [1.82, 2.24) is 10.2 Å². The van der Waals surface area contributed by atoms with Crippen LogP contribution in [0.1, 0.15) is 30.5 Å². The predicted molar refractivity (Wildman–Crippen MR) is 162 cm³/mol. The zero-order valence-electron chi connectivity index (χ0n) is 23.1. The number of anilines is 1. The van der Waals surface area contributed by atoms with E-state index in [1.807, 2.05) is 44.2 Å². The van der Waals surface area contributed by atoms with Crippen LogP contribution in [0.3, 0.4) is 0 Å². The van der Waals surface area contributed by atoms with Gasteiger partial charge in [0.2, 0.25) is 21.8 Å². The molecule has 0 saturated carbocycles. The summed E-state index contributed by atoms with van der Waals surface area (Å²) in [5.74, 6) is -0.657. The fraction of sp³-hybridized carbons (Fsp3) is 0.333. The lowest BCUT2D eigenvalue weighted by molar-refractivity contribution is -0.140. The molecule has 0 spiro atoms. The third-order valence-electron chi connectivity index (χ3n) is 6.36. The Morgan fingerprint density at radius 2 is 1.55 bits per heavy atom. The summed E-state index contributed by atoms with van der Waals surface area (Å²) < 4.78 is 26.9. The van der Waals surface area contributed by atoms with Crippen LogP contribution in [-0.2, 0) is 32.6 Å². The second-order valence-electron chi connectivity index (χ2n) is 10.2. The van der Waals surface area contributed by atoms with E-state index in [2.05, 4.69) is 5.32 Å². The molecule has 1 atom stereocenters. The number of amides is 2. The predicted octanol–water partition coefficient (Wildman–Crippen LogP) is 5.48. The monoisotopic (exact) mass is 603 g/mol. The van der Waals surface area contributed by atoms with Crippen molar-refractivity contribution in [3.63, 3.8) is 0 Å². The topological polar surface area (TPSA) is 86.8 Å². The van der Waals surface area contributed by atoms with Crippen LogP contribution in [0.2, 0.25) is 10.0 Å². The number of nitrogens with one attached hydrogen (secondary N) is 1. The van der Waals surface area contributed by atoms with E-state index < -0.39 is 28.5 Å². The number of halogens is 2. The molecular formula is C30H35Cl2N3O4S. The van der Waals surface area contributed by atoms with Crippen LogP contribution >= 0.6 is 23.2 Å². The van der Waals surface area contributed by atoms with E-state index in [9.17, 15) is 18.0 Å². The average molecular weight is 605 g/mol. The van der Waals surface area contributed by atoms with E-state index in [1.165, 1.54) is 4.90 Å². The molecule has 0 aliphatic heterocycles. The minimum Gasteiger partial charge on any atom is -0.354 e. The van der Waals surface area contributed by atoms with Gasteiger partial charge in [0, 0.05) is 19.5 Å². The SMILES string of the molecule is Cc1ccccc1N(CC(=O)N(Cc1ccc(Cl)c(Cl)c1)C(Cc1ccccc1)C(=O)NCC(C)C)S(C)(=O)=O. The Morgan fingerprint density at radius 1 is 0.900 bits per heavy atom. The largest absolute Gasteiger partial charge is 0.354 e. The minimum atomic E-state index is -3.83. The first-order valence-corrected chi connectivity index (χ1v) is 15.6. The van der Waals surface area contributed by atoms with Crippen molar-refractivity contribution in [3.05, 3.63) is 99.5 Å². The van der Waals surface area contributed by atoms with Gasteiger partial charge in [0.15, 0.2) is 0 Å². The van der Waals surface area contributed by atoms with Crippen molar-refractivity contribution in [3.8, 4) is 0 Å². The summed E-state index contributed by atoms with van der Waals surface area (Å²) in [7, 11) is -3.83. The Hall–Kier alpha value is -3.07. The van der Waals surface area contributed by atoms with Crippen molar-refractivity contribution in [1.29, 1.82) is 0 Å². The van der Waals surface area contributed by atoms with Crippen LogP contribution < -0.4 is 9.62 Å². The van der Waals surface area contributed by atoms with E-state index in [0.717, 1.165) is 16.1 Å². The van der Waals surface area contributed by atoms with Gasteiger partial charge in [-0.3, -0.25) is 13.9 Å². The molecule has 0 saturated heterocycles. The summed E-state index contributed by atoms with van der Waals surface area (Å²) in [6.07, 6.45) is 1.30. The van der Waals surface area contributed by atoms with Gasteiger partial charge in [-0.2, -0.15) is 0 Å². The number of aryl methyl sites for hydroxylation is 1. The fourth-order valence-electron chi connectivity index (χ4n) is 4.25. The molecule has 7 nitrogen and oxygen atoms in total. The van der Waals surface area contributed by atoms with Gasteiger partial charge in [-0.25, -0.2) is 8.42 Å². The van der Waals surface area contributed by atoms with E-state index in [0.29, 0.717) is 33.4 Å². The summed E-state index contributed by atoms with van der Waals surface area (Å²) in [5.41, 5.74) is 2.61. The number of carbonyl (C=O) groups excluding carboxylic acids is 2. The molecule has 1 N–H and O–H groups in total. The molecule has 0 radical (unpaired) electrons. The number of rotatable bonds is 12. The number of sulfonamides is 1. The van der Waals surface area contributed by atoms with Crippen LogP contribution in [0, 0.1) is 12.8 Å². The van der Waals surface area contributed by atoms with Crippen LogP contribution in [0.4, 0.5) is 5.69 Å². The smallest absolute Gasteiger partial charge is 0.244 e. The zero-order chi connectivity index (χ0) is 29.4.